The molecule has 0 bridgehead atoms. The Balaban J connectivity index is 0.000000244. The van der Waals surface area contributed by atoms with Crippen molar-refractivity contribution in [2.45, 2.75) is 213 Å². The third-order valence-electron chi connectivity index (χ3n) is 21.1. The zero-order valence-corrected chi connectivity index (χ0v) is 67.8. The van der Waals surface area contributed by atoms with E-state index in [1.165, 1.54) is 108 Å². The molecule has 3 aliphatic rings. The first kappa shape index (κ1) is 93.0. The number of aromatic hydroxyl groups is 3. The molecule has 6 unspecified atom stereocenters. The number of amides is 8. The van der Waals surface area contributed by atoms with Crippen LogP contribution in [0.4, 0.5) is 0 Å². The molecule has 8 amide bonds. The Morgan fingerprint density at radius 3 is 1.11 bits per heavy atom. The molecule has 3 aliphatic heterocycles. The van der Waals surface area contributed by atoms with Gasteiger partial charge in [-0.15, -0.1) is 0 Å². The molecule has 6 aromatic heterocycles. The van der Waals surface area contributed by atoms with Crippen LogP contribution in [-0.2, 0) is 81.4 Å². The molecular weight excluding hydrogens is 1530 g/mol. The topological polar surface area (TPSA) is 528 Å². The van der Waals surface area contributed by atoms with E-state index in [1.807, 2.05) is 20.8 Å². The average Bonchev–Trinajstić information content (AvgIpc) is 0.813. The number of hydrogen-bond acceptors (Lipinski definition) is 28. The largest absolute Gasteiger partial charge is 0.505 e. The van der Waals surface area contributed by atoms with E-state index in [1.54, 1.807) is 94.4 Å². The standard InChI is InChI=1S/C28H37N5O7.C27H35N5O7.C27H34N4O8/c1-6-15(2)23-28(39)40-17(4)21(32-26(37)22-20(34)10-8-12-30-22)25(36)31-19(13-18-9-7-11-29-14-18)24(35)16(3)27(38)33(23)5;1-5-14(2)20-27(38)39-16(4)21(32-26(37)22-19(33)9-7-11-29-22)25(36)30-18(12-17-8-6-10-28-13-17)23(34)15(3)24(35)31-20;1-5-14(2)23-27(37)38-16(4)20(31-25(35)21-19(32)9-7-11-29-21)24(34)30-18(12-17-8-6-10-28-13-17)22(33)15(3)26(36)39-23/h7-12,14-17,19,21,23-24,34-35H,6,13H2,1-5H3,(H,31,36)(H,32,37);6-11,13-16,18,20-21,23,33-34H,5,12H2,1-4H3,(H,30,36)(H,31,35)(H,32,37);6-11,13-16,18,20,22-23,32-33H,5,12H2,1-4H3,(H,30,34)(H,31,35)/t15?,16-,17-,19+,21+,23?,24+;14?,15-,16-,18+,20?,21+,23+;14?,15-,16-,18+,20+,22+,23?/m111/s1. The number of nitrogens with zero attached hydrogens (tertiary/aromatic N) is 7. The molecule has 13 N–H and O–H groups in total. The number of aliphatic hydroxyl groups excluding tert-OH is 3. The molecule has 0 spiro atoms. The monoisotopic (exact) mass is 1640 g/mol. The smallest absolute Gasteiger partial charge is 0.348 e. The molecule has 36 nitrogen and oxygen atoms in total. The highest BCUT2D eigenvalue weighted by molar-refractivity contribution is 6.00. The summed E-state index contributed by atoms with van der Waals surface area (Å²) in [6.07, 6.45) is 6.27. The van der Waals surface area contributed by atoms with Crippen molar-refractivity contribution in [3.05, 3.63) is 162 Å². The van der Waals surface area contributed by atoms with Gasteiger partial charge in [-0.1, -0.05) is 86.4 Å². The summed E-state index contributed by atoms with van der Waals surface area (Å²) in [5.41, 5.74) is 1.09. The van der Waals surface area contributed by atoms with E-state index in [0.29, 0.717) is 36.0 Å². The van der Waals surface area contributed by atoms with Crippen LogP contribution < -0.4 is 37.2 Å². The van der Waals surface area contributed by atoms with Crippen LogP contribution in [0.3, 0.4) is 0 Å². The summed E-state index contributed by atoms with van der Waals surface area (Å²) in [6.45, 7) is 19.5. The fourth-order valence-corrected chi connectivity index (χ4v) is 13.1. The number of hydrogen-bond donors (Lipinski definition) is 13. The molecule has 36 heteroatoms. The highest BCUT2D eigenvalue weighted by Gasteiger charge is 2.46. The molecule has 6 aromatic rings. The van der Waals surface area contributed by atoms with Crippen LogP contribution in [0.25, 0.3) is 0 Å². The minimum atomic E-state index is -1.45. The van der Waals surface area contributed by atoms with Crippen LogP contribution in [0.2, 0.25) is 0 Å². The van der Waals surface area contributed by atoms with Crippen LogP contribution in [0.1, 0.15) is 151 Å². The predicted molar refractivity (Wildman–Crippen MR) is 420 cm³/mol. The van der Waals surface area contributed by atoms with Crippen LogP contribution in [0.5, 0.6) is 17.2 Å². The molecule has 118 heavy (non-hydrogen) atoms. The second kappa shape index (κ2) is 43.7. The maximum absolute atomic E-state index is 13.6. The van der Waals surface area contributed by atoms with Crippen molar-refractivity contribution in [1.29, 1.82) is 0 Å². The number of likely N-dealkylation sites (N-methyl/N-ethyl adjacent to an activating group) is 1. The fraction of sp³-hybridized carbons (Fsp3) is 0.488. The lowest BCUT2D eigenvalue weighted by Crippen LogP contribution is -2.61. The Kier molecular flexibility index (Phi) is 34.4. The van der Waals surface area contributed by atoms with Crippen molar-refractivity contribution in [1.82, 2.24) is 72.0 Å². The molecule has 0 aliphatic carbocycles. The van der Waals surface area contributed by atoms with Gasteiger partial charge in [0.2, 0.25) is 35.6 Å². The van der Waals surface area contributed by atoms with Gasteiger partial charge in [-0.25, -0.2) is 29.3 Å². The zero-order valence-electron chi connectivity index (χ0n) is 67.8. The predicted octanol–water partition coefficient (Wildman–Crippen LogP) is 2.21. The maximum Gasteiger partial charge on any atom is 0.348 e. The minimum absolute atomic E-state index is 0.100. The number of ether oxygens (including phenoxy) is 4. The minimum Gasteiger partial charge on any atom is -0.505 e. The van der Waals surface area contributed by atoms with Crippen molar-refractivity contribution >= 4 is 71.1 Å². The second-order valence-electron chi connectivity index (χ2n) is 29.7. The van der Waals surface area contributed by atoms with Crippen molar-refractivity contribution in [2.75, 3.05) is 7.05 Å². The molecule has 9 rings (SSSR count). The molecule has 9 heterocycles. The lowest BCUT2D eigenvalue weighted by Gasteiger charge is -2.38. The number of carbonyl (C=O) groups excluding carboxylic acids is 12. The van der Waals surface area contributed by atoms with Crippen LogP contribution in [-0.4, -0.2) is 235 Å². The van der Waals surface area contributed by atoms with Crippen LogP contribution in [0.15, 0.2) is 129 Å². The van der Waals surface area contributed by atoms with E-state index in [0.717, 1.165) is 0 Å². The number of pyridine rings is 6. The Hall–Kier alpha value is -12.2. The highest BCUT2D eigenvalue weighted by atomic mass is 16.6. The highest BCUT2D eigenvalue weighted by Crippen LogP contribution is 2.27. The first-order valence-electron chi connectivity index (χ1n) is 38.9. The molecule has 0 aromatic carbocycles. The van der Waals surface area contributed by atoms with Gasteiger partial charge in [0, 0.05) is 68.7 Å². The Morgan fingerprint density at radius 1 is 0.424 bits per heavy atom. The maximum atomic E-state index is 13.6. The zero-order chi connectivity index (χ0) is 86.9. The number of cyclic esters (lactones) is 4. The number of carbonyl (C=O) groups is 12. The molecule has 0 saturated carbocycles. The third kappa shape index (κ3) is 24.7. The van der Waals surface area contributed by atoms with Gasteiger partial charge >= 0.3 is 23.9 Å². The molecular formula is C82H106N14O22. The Bertz CT molecular complexity index is 4260. The molecule has 21 atom stereocenters. The van der Waals surface area contributed by atoms with Gasteiger partial charge in [0.15, 0.2) is 17.1 Å². The van der Waals surface area contributed by atoms with E-state index in [4.69, 9.17) is 18.9 Å². The van der Waals surface area contributed by atoms with E-state index in [2.05, 4.69) is 67.1 Å². The number of rotatable bonds is 18. The third-order valence-corrected chi connectivity index (χ3v) is 21.1. The first-order valence-corrected chi connectivity index (χ1v) is 38.9. The summed E-state index contributed by atoms with van der Waals surface area (Å²) >= 11 is 0. The summed E-state index contributed by atoms with van der Waals surface area (Å²) in [5.74, 6) is -14.6. The SMILES string of the molecule is CCC(C)C1C(=O)O[C@H](C)[C@H](NC(=O)c2ncccc2O)C(=O)N[C@@H](Cc2cccnc2)[C@@H](O)[C@@H](C)C(=O)N1C.CCC(C)C1NC(=O)[C@H](C)[C@H](O)[C@H](Cc2cccnc2)NC(=O)[C@@H](NC(=O)c2ncccc2O)[C@@H](C)OC1=O.CCC(C)C1OC(=O)[C@H](C)[C@H](O)[C@H](Cc2cccnc2)NC(=O)[C@@H](NC(=O)c2ncccc2O)[C@@H](C)OC1=O. The Labute approximate surface area is 682 Å². The Morgan fingerprint density at radius 2 is 0.763 bits per heavy atom. The van der Waals surface area contributed by atoms with Crippen molar-refractivity contribution in [3.63, 3.8) is 0 Å². The summed E-state index contributed by atoms with van der Waals surface area (Å²) in [7, 11) is 1.48. The number of aliphatic hydroxyl groups is 3. The van der Waals surface area contributed by atoms with Gasteiger partial charge in [-0.3, -0.25) is 58.1 Å². The van der Waals surface area contributed by atoms with Crippen molar-refractivity contribution in [2.24, 2.45) is 35.5 Å². The van der Waals surface area contributed by atoms with E-state index >= 15 is 0 Å². The lowest BCUT2D eigenvalue weighted by atomic mass is 9.90. The second-order valence-corrected chi connectivity index (χ2v) is 29.7. The van der Waals surface area contributed by atoms with Crippen LogP contribution >= 0.6 is 0 Å². The number of nitrogens with one attached hydrogen (secondary N) is 7. The fourth-order valence-electron chi connectivity index (χ4n) is 13.1. The molecule has 3 saturated heterocycles. The van der Waals surface area contributed by atoms with Crippen molar-refractivity contribution in [3.8, 4) is 17.2 Å². The first-order chi connectivity index (χ1) is 56.0. The summed E-state index contributed by atoms with van der Waals surface area (Å²) in [4.78, 5) is 184. The van der Waals surface area contributed by atoms with Gasteiger partial charge in [0.25, 0.3) is 17.7 Å². The average molecular weight is 1640 g/mol. The van der Waals surface area contributed by atoms with Crippen molar-refractivity contribution < 1.29 is 107 Å². The van der Waals surface area contributed by atoms with Gasteiger partial charge in [0.1, 0.15) is 65.8 Å². The number of aromatic nitrogens is 6. The molecule has 3 fully saturated rings. The van der Waals surface area contributed by atoms with E-state index < -0.39 is 203 Å². The van der Waals surface area contributed by atoms with E-state index in [9.17, 15) is 88.2 Å². The summed E-state index contributed by atoms with van der Waals surface area (Å²) in [6, 6.07) is 9.25. The normalized spacial score (nSPS) is 27.1. The summed E-state index contributed by atoms with van der Waals surface area (Å²) in [5, 5.41) is 82.3. The quantitative estimate of drug-likeness (QED) is 0.0433. The van der Waals surface area contributed by atoms with Gasteiger partial charge < -0.3 is 91.7 Å². The number of esters is 4. The lowest BCUT2D eigenvalue weighted by molar-refractivity contribution is -0.180. The summed E-state index contributed by atoms with van der Waals surface area (Å²) < 4.78 is 22.3. The van der Waals surface area contributed by atoms with E-state index in [-0.39, 0.29) is 48.2 Å². The van der Waals surface area contributed by atoms with Gasteiger partial charge in [0.05, 0.1) is 54.2 Å². The van der Waals surface area contributed by atoms with Crippen LogP contribution in [0, 0.1) is 35.5 Å². The molecule has 0 radical (unpaired) electrons. The molecule has 636 valence electrons. The van der Waals surface area contributed by atoms with Gasteiger partial charge in [-0.2, -0.15) is 0 Å². The van der Waals surface area contributed by atoms with Gasteiger partial charge in [-0.05, 0) is 137 Å².